The van der Waals surface area contributed by atoms with E-state index in [0.29, 0.717) is 24.5 Å². The Kier molecular flexibility index (Phi) is 3.52. The number of furan rings is 1. The summed E-state index contributed by atoms with van der Waals surface area (Å²) in [5.74, 6) is 0.565. The fraction of sp³-hybridized carbons (Fsp3) is 0.545. The van der Waals surface area contributed by atoms with Gasteiger partial charge >= 0.3 is 5.97 Å². The van der Waals surface area contributed by atoms with E-state index in [9.17, 15) is 4.79 Å². The molecule has 0 saturated heterocycles. The molecule has 1 aromatic heterocycles. The number of carboxylic acids is 1. The number of carboxylic acid groups (broad SMARTS) is 1. The number of carbonyl (C=O) groups is 1. The minimum atomic E-state index is -0.827. The normalized spacial score (nSPS) is 11.7. The van der Waals surface area contributed by atoms with Crippen LogP contribution < -0.4 is 0 Å². The van der Waals surface area contributed by atoms with Crippen molar-refractivity contribution in [2.45, 2.75) is 26.9 Å². The zero-order valence-electron chi connectivity index (χ0n) is 9.24. The largest absolute Gasteiger partial charge is 0.481 e. The number of ether oxygens (including phenoxy) is 1. The number of aliphatic carboxylic acids is 1. The second-order valence-corrected chi connectivity index (χ2v) is 4.17. The highest BCUT2D eigenvalue weighted by Crippen LogP contribution is 2.23. The summed E-state index contributed by atoms with van der Waals surface area (Å²) in [6.45, 7) is 3.76. The Morgan fingerprint density at radius 1 is 1.47 bits per heavy atom. The molecule has 0 bridgehead atoms. The number of rotatable bonds is 5. The van der Waals surface area contributed by atoms with Crippen molar-refractivity contribution in [2.75, 3.05) is 7.11 Å². The molecule has 84 valence electrons. The van der Waals surface area contributed by atoms with E-state index in [1.165, 1.54) is 0 Å². The molecule has 1 aromatic rings. The lowest BCUT2D eigenvalue weighted by atomic mass is 9.88. The van der Waals surface area contributed by atoms with Gasteiger partial charge < -0.3 is 14.3 Å². The van der Waals surface area contributed by atoms with Crippen LogP contribution in [-0.4, -0.2) is 18.2 Å². The van der Waals surface area contributed by atoms with Crippen LogP contribution in [0.25, 0.3) is 0 Å². The Bertz CT molecular complexity index is 338. The molecule has 0 unspecified atom stereocenters. The average molecular weight is 212 g/mol. The monoisotopic (exact) mass is 212 g/mol. The van der Waals surface area contributed by atoms with Crippen LogP contribution in [0.4, 0.5) is 0 Å². The maximum Gasteiger partial charge on any atom is 0.309 e. The second kappa shape index (κ2) is 4.49. The molecule has 0 aromatic carbocycles. The zero-order valence-corrected chi connectivity index (χ0v) is 9.24. The quantitative estimate of drug-likeness (QED) is 0.811. The Hall–Kier alpha value is -1.29. The van der Waals surface area contributed by atoms with E-state index in [-0.39, 0.29) is 0 Å². The molecule has 0 spiro atoms. The molecule has 0 aliphatic heterocycles. The molecule has 0 aliphatic rings. The van der Waals surface area contributed by atoms with Crippen molar-refractivity contribution < 1.29 is 19.1 Å². The van der Waals surface area contributed by atoms with Gasteiger partial charge in [0.25, 0.3) is 0 Å². The van der Waals surface area contributed by atoms with Crippen molar-refractivity contribution in [3.8, 4) is 0 Å². The molecule has 4 heteroatoms. The first-order chi connectivity index (χ1) is 6.95. The van der Waals surface area contributed by atoms with Gasteiger partial charge in [0.1, 0.15) is 18.1 Å². The minimum absolute atomic E-state index is 0.381. The van der Waals surface area contributed by atoms with Crippen molar-refractivity contribution >= 4 is 5.97 Å². The van der Waals surface area contributed by atoms with Crippen LogP contribution in [0.5, 0.6) is 0 Å². The first-order valence-electron chi connectivity index (χ1n) is 4.75. The van der Waals surface area contributed by atoms with Crippen LogP contribution >= 0.6 is 0 Å². The van der Waals surface area contributed by atoms with E-state index in [1.54, 1.807) is 33.1 Å². The fourth-order valence-electron chi connectivity index (χ4n) is 1.25. The van der Waals surface area contributed by atoms with Crippen molar-refractivity contribution in [3.63, 3.8) is 0 Å². The van der Waals surface area contributed by atoms with Gasteiger partial charge in [0.05, 0.1) is 5.41 Å². The molecule has 0 aliphatic carbocycles. The van der Waals surface area contributed by atoms with Gasteiger partial charge in [-0.15, -0.1) is 0 Å². The Morgan fingerprint density at radius 2 is 2.07 bits per heavy atom. The zero-order chi connectivity index (χ0) is 11.5. The summed E-state index contributed by atoms with van der Waals surface area (Å²) in [6, 6.07) is 3.59. The second-order valence-electron chi connectivity index (χ2n) is 4.17. The summed E-state index contributed by atoms with van der Waals surface area (Å²) in [5, 5.41) is 8.95. The fourth-order valence-corrected chi connectivity index (χ4v) is 1.25. The van der Waals surface area contributed by atoms with E-state index in [0.717, 1.165) is 0 Å². The third-order valence-corrected chi connectivity index (χ3v) is 2.20. The highest BCUT2D eigenvalue weighted by atomic mass is 16.5. The molecule has 1 heterocycles. The summed E-state index contributed by atoms with van der Waals surface area (Å²) >= 11 is 0. The van der Waals surface area contributed by atoms with Crippen molar-refractivity contribution in [2.24, 2.45) is 5.41 Å². The number of methoxy groups -OCH3 is 1. The Balaban J connectivity index is 2.68. The van der Waals surface area contributed by atoms with E-state index < -0.39 is 11.4 Å². The Labute approximate surface area is 88.8 Å². The first-order valence-corrected chi connectivity index (χ1v) is 4.75. The topological polar surface area (TPSA) is 59.7 Å². The summed E-state index contributed by atoms with van der Waals surface area (Å²) in [7, 11) is 1.59. The van der Waals surface area contributed by atoms with Gasteiger partial charge in [-0.25, -0.2) is 0 Å². The number of hydrogen-bond donors (Lipinski definition) is 1. The van der Waals surface area contributed by atoms with Crippen LogP contribution in [0.3, 0.4) is 0 Å². The molecule has 4 nitrogen and oxygen atoms in total. The number of hydrogen-bond acceptors (Lipinski definition) is 3. The third-order valence-electron chi connectivity index (χ3n) is 2.20. The molecule has 0 atom stereocenters. The van der Waals surface area contributed by atoms with Crippen molar-refractivity contribution in [1.29, 1.82) is 0 Å². The molecular weight excluding hydrogens is 196 g/mol. The van der Waals surface area contributed by atoms with Gasteiger partial charge in [-0.05, 0) is 26.0 Å². The van der Waals surface area contributed by atoms with Crippen molar-refractivity contribution in [1.82, 2.24) is 0 Å². The predicted molar refractivity (Wildman–Crippen MR) is 54.5 cm³/mol. The first kappa shape index (κ1) is 11.8. The summed E-state index contributed by atoms with van der Waals surface area (Å²) in [6.07, 6.45) is 0.381. The lowest BCUT2D eigenvalue weighted by Crippen LogP contribution is -2.25. The van der Waals surface area contributed by atoms with Crippen LogP contribution in [-0.2, 0) is 22.6 Å². The summed E-state index contributed by atoms with van der Waals surface area (Å²) < 4.78 is 10.3. The summed E-state index contributed by atoms with van der Waals surface area (Å²) in [4.78, 5) is 10.9. The van der Waals surface area contributed by atoms with Gasteiger partial charge in [-0.3, -0.25) is 4.79 Å². The highest BCUT2D eigenvalue weighted by Gasteiger charge is 2.28. The van der Waals surface area contributed by atoms with Gasteiger partial charge in [-0.1, -0.05) is 0 Å². The lowest BCUT2D eigenvalue weighted by molar-refractivity contribution is -0.147. The van der Waals surface area contributed by atoms with E-state index >= 15 is 0 Å². The molecule has 15 heavy (non-hydrogen) atoms. The van der Waals surface area contributed by atoms with E-state index in [2.05, 4.69) is 0 Å². The summed E-state index contributed by atoms with van der Waals surface area (Å²) in [5.41, 5.74) is -0.803. The highest BCUT2D eigenvalue weighted by molar-refractivity contribution is 5.73. The molecule has 1 rings (SSSR count). The smallest absolute Gasteiger partial charge is 0.309 e. The van der Waals surface area contributed by atoms with Gasteiger partial charge in [0, 0.05) is 13.5 Å². The molecular formula is C11H16O4. The van der Waals surface area contributed by atoms with Gasteiger partial charge in [0.2, 0.25) is 0 Å². The van der Waals surface area contributed by atoms with Crippen molar-refractivity contribution in [3.05, 3.63) is 23.7 Å². The maximum atomic E-state index is 10.9. The molecule has 0 amide bonds. The van der Waals surface area contributed by atoms with Gasteiger partial charge in [0.15, 0.2) is 0 Å². The minimum Gasteiger partial charge on any atom is -0.481 e. The predicted octanol–water partition coefficient (Wildman–Crippen LogP) is 2.08. The third kappa shape index (κ3) is 3.09. The lowest BCUT2D eigenvalue weighted by Gasteiger charge is -2.16. The molecule has 1 N–H and O–H groups in total. The van der Waals surface area contributed by atoms with Crippen LogP contribution in [0.2, 0.25) is 0 Å². The molecule has 0 radical (unpaired) electrons. The van der Waals surface area contributed by atoms with Crippen LogP contribution in [0.1, 0.15) is 25.4 Å². The average Bonchev–Trinajstić information content (AvgIpc) is 2.52. The standard InChI is InChI=1S/C11H16O4/c1-11(2,10(12)13)6-8-4-5-9(15-8)7-14-3/h4-5H,6-7H2,1-3H3,(H,12,13). The van der Waals surface area contributed by atoms with Crippen LogP contribution in [0.15, 0.2) is 16.5 Å². The maximum absolute atomic E-state index is 10.9. The Morgan fingerprint density at radius 3 is 2.60 bits per heavy atom. The molecule has 0 saturated carbocycles. The van der Waals surface area contributed by atoms with E-state index in [4.69, 9.17) is 14.3 Å². The van der Waals surface area contributed by atoms with Gasteiger partial charge in [-0.2, -0.15) is 0 Å². The van der Waals surface area contributed by atoms with Crippen LogP contribution in [0, 0.1) is 5.41 Å². The molecule has 0 fully saturated rings. The SMILES string of the molecule is COCc1ccc(CC(C)(C)C(=O)O)o1. The van der Waals surface area contributed by atoms with E-state index in [1.807, 2.05) is 0 Å².